The second kappa shape index (κ2) is 9.11. The van der Waals surface area contributed by atoms with E-state index in [1.54, 1.807) is 12.1 Å². The Morgan fingerprint density at radius 2 is 1.24 bits per heavy atom. The summed E-state index contributed by atoms with van der Waals surface area (Å²) in [4.78, 5) is 0. The highest BCUT2D eigenvalue weighted by atomic mass is 79.9. The van der Waals surface area contributed by atoms with Crippen LogP contribution in [0.25, 0.3) is 0 Å². The lowest BCUT2D eigenvalue weighted by Gasteiger charge is -2.02. The Bertz CT molecular complexity index is 597. The first-order valence-corrected chi connectivity index (χ1v) is 9.53. The molecule has 21 heavy (non-hydrogen) atoms. The smallest absolute Gasteiger partial charge is 0.151 e. The van der Waals surface area contributed by atoms with E-state index >= 15 is 0 Å². The molecule has 0 aliphatic rings. The van der Waals surface area contributed by atoms with Crippen LogP contribution >= 0.6 is 79.6 Å². The number of rotatable bonds is 1. The van der Waals surface area contributed by atoms with Crippen LogP contribution in [0, 0.1) is 12.7 Å². The molecule has 0 aliphatic heterocycles. The Morgan fingerprint density at radius 3 is 1.62 bits per heavy atom. The molecule has 0 heterocycles. The first kappa shape index (κ1) is 19.7. The van der Waals surface area contributed by atoms with Gasteiger partial charge < -0.3 is 0 Å². The molecule has 0 aromatic heterocycles. The zero-order chi connectivity index (χ0) is 16.2. The zero-order valence-electron chi connectivity index (χ0n) is 10.7. The van der Waals surface area contributed by atoms with Gasteiger partial charge in [0.05, 0.1) is 8.95 Å². The molecule has 0 saturated heterocycles. The number of hydrogen-bond acceptors (Lipinski definition) is 0. The SMILES string of the molecule is Cc1cc(Br)c(F)c(Br)c1.FCc1c(Br)cc(Br)cc1Br. The number of hydrogen-bond donors (Lipinski definition) is 0. The second-order valence-corrected chi connectivity index (χ2v) is 8.36. The van der Waals surface area contributed by atoms with E-state index in [1.165, 1.54) is 0 Å². The first-order valence-electron chi connectivity index (χ1n) is 5.56. The molecule has 2 aromatic rings. The van der Waals surface area contributed by atoms with Crippen molar-refractivity contribution in [3.8, 4) is 0 Å². The van der Waals surface area contributed by atoms with E-state index in [9.17, 15) is 8.78 Å². The Labute approximate surface area is 164 Å². The number of halogens is 7. The average molecular weight is 615 g/mol. The molecular weight excluding hydrogens is 606 g/mol. The molecule has 0 atom stereocenters. The van der Waals surface area contributed by atoms with Gasteiger partial charge in [-0.3, -0.25) is 0 Å². The lowest BCUT2D eigenvalue weighted by molar-refractivity contribution is 0.482. The summed E-state index contributed by atoms with van der Waals surface area (Å²) in [7, 11) is 0. The molecule has 0 amide bonds. The molecule has 0 spiro atoms. The third-order valence-corrected chi connectivity index (χ3v) is 5.39. The van der Waals surface area contributed by atoms with Gasteiger partial charge in [-0.25, -0.2) is 8.78 Å². The van der Waals surface area contributed by atoms with Gasteiger partial charge in [-0.2, -0.15) is 0 Å². The van der Waals surface area contributed by atoms with Crippen molar-refractivity contribution in [3.05, 3.63) is 63.6 Å². The standard InChI is InChI=1S/C7H4Br3F.C7H5Br2F/c8-4-1-6(9)5(3-11)7(10)2-4;1-4-2-5(8)7(10)6(9)3-4/h1-2H,3H2;2-3H,1H3. The van der Waals surface area contributed by atoms with Gasteiger partial charge in [-0.05, 0) is 68.6 Å². The quantitative estimate of drug-likeness (QED) is 0.285. The first-order chi connectivity index (χ1) is 9.76. The fraction of sp³-hybridized carbons (Fsp3) is 0.143. The number of aryl methyl sites for hydroxylation is 1. The highest BCUT2D eigenvalue weighted by Gasteiger charge is 2.05. The lowest BCUT2D eigenvalue weighted by atomic mass is 10.2. The molecule has 2 rings (SSSR count). The minimum absolute atomic E-state index is 0.245. The van der Waals surface area contributed by atoms with Gasteiger partial charge in [0.25, 0.3) is 0 Å². The van der Waals surface area contributed by atoms with Crippen LogP contribution in [0.2, 0.25) is 0 Å². The minimum atomic E-state index is -0.464. The van der Waals surface area contributed by atoms with Crippen molar-refractivity contribution in [1.29, 1.82) is 0 Å². The molecule has 2 aromatic carbocycles. The fourth-order valence-corrected chi connectivity index (χ4v) is 5.27. The summed E-state index contributed by atoms with van der Waals surface area (Å²) >= 11 is 16.0. The molecule has 0 radical (unpaired) electrons. The average Bonchev–Trinajstić information content (AvgIpc) is 2.36. The van der Waals surface area contributed by atoms with Gasteiger partial charge in [0.15, 0.2) is 5.82 Å². The monoisotopic (exact) mass is 610 g/mol. The summed E-state index contributed by atoms with van der Waals surface area (Å²) in [5.41, 5.74) is 1.67. The maximum absolute atomic E-state index is 12.8. The van der Waals surface area contributed by atoms with Crippen LogP contribution in [-0.4, -0.2) is 0 Å². The summed E-state index contributed by atoms with van der Waals surface area (Å²) in [5.74, 6) is -0.245. The molecular formula is C14H9Br5F2. The molecule has 114 valence electrons. The van der Waals surface area contributed by atoms with E-state index in [-0.39, 0.29) is 5.82 Å². The summed E-state index contributed by atoms with van der Waals surface area (Å²) in [6.45, 7) is 1.45. The molecule has 0 nitrogen and oxygen atoms in total. The van der Waals surface area contributed by atoms with Gasteiger partial charge in [0.1, 0.15) is 6.67 Å². The van der Waals surface area contributed by atoms with Crippen molar-refractivity contribution in [2.45, 2.75) is 13.6 Å². The predicted molar refractivity (Wildman–Crippen MR) is 101 cm³/mol. The van der Waals surface area contributed by atoms with Crippen molar-refractivity contribution in [1.82, 2.24) is 0 Å². The molecule has 0 unspecified atom stereocenters. The fourth-order valence-electron chi connectivity index (χ4n) is 1.38. The molecule has 0 saturated carbocycles. The van der Waals surface area contributed by atoms with E-state index in [1.807, 2.05) is 19.1 Å². The second-order valence-electron chi connectivity index (χ2n) is 4.02. The normalized spacial score (nSPS) is 10.1. The third-order valence-electron chi connectivity index (χ3n) is 2.37. The largest absolute Gasteiger partial charge is 0.246 e. The topological polar surface area (TPSA) is 0 Å². The van der Waals surface area contributed by atoms with E-state index < -0.39 is 6.67 Å². The molecule has 0 bridgehead atoms. The highest BCUT2D eigenvalue weighted by molar-refractivity contribution is 9.12. The number of benzene rings is 2. The van der Waals surface area contributed by atoms with E-state index in [4.69, 9.17) is 0 Å². The van der Waals surface area contributed by atoms with Crippen LogP contribution < -0.4 is 0 Å². The van der Waals surface area contributed by atoms with E-state index in [0.717, 1.165) is 19.0 Å². The summed E-state index contributed by atoms with van der Waals surface area (Å²) < 4.78 is 28.6. The summed E-state index contributed by atoms with van der Waals surface area (Å²) in [6, 6.07) is 7.11. The van der Waals surface area contributed by atoms with E-state index in [2.05, 4.69) is 79.6 Å². The van der Waals surface area contributed by atoms with Gasteiger partial charge >= 0.3 is 0 Å². The Balaban J connectivity index is 0.000000211. The molecule has 0 fully saturated rings. The van der Waals surface area contributed by atoms with Crippen LogP contribution in [0.1, 0.15) is 11.1 Å². The Kier molecular flexibility index (Phi) is 8.56. The number of alkyl halides is 1. The van der Waals surface area contributed by atoms with Gasteiger partial charge in [-0.1, -0.05) is 47.8 Å². The predicted octanol–water partition coefficient (Wildman–Crippen LogP) is 8.10. The van der Waals surface area contributed by atoms with Crippen LogP contribution in [0.5, 0.6) is 0 Å². The van der Waals surface area contributed by atoms with Crippen molar-refractivity contribution in [2.75, 3.05) is 0 Å². The Hall–Kier alpha value is 0.700. The van der Waals surface area contributed by atoms with Gasteiger partial charge in [0.2, 0.25) is 0 Å². The third kappa shape index (κ3) is 6.01. The maximum atomic E-state index is 12.8. The summed E-state index contributed by atoms with van der Waals surface area (Å²) in [6.07, 6.45) is 0. The van der Waals surface area contributed by atoms with Crippen LogP contribution in [0.3, 0.4) is 0 Å². The Morgan fingerprint density at radius 1 is 0.810 bits per heavy atom. The molecule has 0 N–H and O–H groups in total. The van der Waals surface area contributed by atoms with Gasteiger partial charge in [-0.15, -0.1) is 0 Å². The van der Waals surface area contributed by atoms with Crippen LogP contribution in [-0.2, 0) is 6.67 Å². The van der Waals surface area contributed by atoms with E-state index in [0.29, 0.717) is 14.5 Å². The molecule has 0 aliphatic carbocycles. The molecule has 7 heteroatoms. The van der Waals surface area contributed by atoms with Crippen molar-refractivity contribution in [3.63, 3.8) is 0 Å². The lowest BCUT2D eigenvalue weighted by Crippen LogP contribution is -1.83. The van der Waals surface area contributed by atoms with Gasteiger partial charge in [0, 0.05) is 19.0 Å². The summed E-state index contributed by atoms with van der Waals surface area (Å²) in [5, 5.41) is 0. The highest BCUT2D eigenvalue weighted by Crippen LogP contribution is 2.30. The van der Waals surface area contributed by atoms with Crippen molar-refractivity contribution in [2.24, 2.45) is 0 Å². The van der Waals surface area contributed by atoms with Crippen molar-refractivity contribution < 1.29 is 8.78 Å². The van der Waals surface area contributed by atoms with Crippen LogP contribution in [0.15, 0.2) is 46.6 Å². The minimum Gasteiger partial charge on any atom is -0.246 e. The van der Waals surface area contributed by atoms with Crippen LogP contribution in [0.4, 0.5) is 8.78 Å². The van der Waals surface area contributed by atoms with Crippen molar-refractivity contribution >= 4 is 79.6 Å². The maximum Gasteiger partial charge on any atom is 0.151 e. The zero-order valence-corrected chi connectivity index (χ0v) is 18.6.